The lowest BCUT2D eigenvalue weighted by atomic mass is 9.92. The highest BCUT2D eigenvalue weighted by atomic mass is 19.4. The minimum Gasteiger partial charge on any atom is -0.353 e. The van der Waals surface area contributed by atoms with Crippen molar-refractivity contribution in [3.63, 3.8) is 0 Å². The molecule has 2 aromatic carbocycles. The second-order valence-corrected chi connectivity index (χ2v) is 9.46. The Hall–Kier alpha value is -3.36. The van der Waals surface area contributed by atoms with Crippen LogP contribution < -0.4 is 10.6 Å². The van der Waals surface area contributed by atoms with Gasteiger partial charge >= 0.3 is 6.18 Å². The van der Waals surface area contributed by atoms with Crippen LogP contribution in [0, 0.1) is 0 Å². The predicted octanol–water partition coefficient (Wildman–Crippen LogP) is 4.47. The number of alkyl halides is 3. The molecule has 2 aliphatic carbocycles. The van der Waals surface area contributed by atoms with Gasteiger partial charge in [0.15, 0.2) is 0 Å². The van der Waals surface area contributed by atoms with Gasteiger partial charge in [-0.3, -0.25) is 14.7 Å². The summed E-state index contributed by atoms with van der Waals surface area (Å²) in [6.07, 6.45) is 1.31. The van der Waals surface area contributed by atoms with E-state index in [1.54, 1.807) is 30.5 Å². The first-order valence-electron chi connectivity index (χ1n) is 11.4. The van der Waals surface area contributed by atoms with E-state index in [2.05, 4.69) is 20.8 Å². The molecule has 2 saturated carbocycles. The average molecular weight is 470 g/mol. The Morgan fingerprint density at radius 2 is 1.79 bits per heavy atom. The quantitative estimate of drug-likeness (QED) is 0.497. The van der Waals surface area contributed by atoms with Gasteiger partial charge in [-0.05, 0) is 55.5 Å². The van der Waals surface area contributed by atoms with Crippen molar-refractivity contribution in [2.75, 3.05) is 6.54 Å². The number of nitrogens with zero attached hydrogens (tertiary/aromatic N) is 1. The fraction of sp³-hybridized carbons (Fsp3) is 0.400. The van der Waals surface area contributed by atoms with Crippen LogP contribution in [0.3, 0.4) is 0 Å². The lowest BCUT2D eigenvalue weighted by molar-refractivity contribution is -0.137. The van der Waals surface area contributed by atoms with E-state index in [1.165, 1.54) is 12.1 Å². The van der Waals surface area contributed by atoms with Gasteiger partial charge in [0.25, 0.3) is 5.91 Å². The summed E-state index contributed by atoms with van der Waals surface area (Å²) >= 11 is 0. The number of carbonyl (C=O) groups excluding carboxylic acids is 2. The Kier molecular flexibility index (Phi) is 5.37. The summed E-state index contributed by atoms with van der Waals surface area (Å²) in [5.74, 6) is -0.611. The molecule has 2 fully saturated rings. The molecule has 6 nitrogen and oxygen atoms in total. The number of hydrogen-bond donors (Lipinski definition) is 3. The van der Waals surface area contributed by atoms with Gasteiger partial charge < -0.3 is 10.6 Å². The van der Waals surface area contributed by atoms with Gasteiger partial charge in [-0.2, -0.15) is 18.3 Å². The molecule has 0 aliphatic heterocycles. The SMILES string of the molecule is O=C(NC1(C(=O)NCC2(c3cccc(C(F)(F)F)c3)CC2)CCCC1)c1ccc2[nH]ncc2c1. The molecule has 34 heavy (non-hydrogen) atoms. The van der Waals surface area contributed by atoms with Crippen molar-refractivity contribution in [3.8, 4) is 0 Å². The van der Waals surface area contributed by atoms with E-state index >= 15 is 0 Å². The molecular weight excluding hydrogens is 445 g/mol. The highest BCUT2D eigenvalue weighted by molar-refractivity contribution is 6.01. The number of amides is 2. The summed E-state index contributed by atoms with van der Waals surface area (Å²) in [6, 6.07) is 10.5. The van der Waals surface area contributed by atoms with Gasteiger partial charge in [0.1, 0.15) is 5.54 Å². The second kappa shape index (κ2) is 8.14. The normalized spacial score (nSPS) is 18.6. The molecule has 1 aromatic heterocycles. The summed E-state index contributed by atoms with van der Waals surface area (Å²) in [5.41, 5.74) is -0.360. The van der Waals surface area contributed by atoms with Crippen molar-refractivity contribution >= 4 is 22.7 Å². The van der Waals surface area contributed by atoms with Gasteiger partial charge in [-0.1, -0.05) is 31.0 Å². The third-order valence-corrected chi connectivity index (χ3v) is 7.19. The van der Waals surface area contributed by atoms with Crippen molar-refractivity contribution in [1.29, 1.82) is 0 Å². The third-order valence-electron chi connectivity index (χ3n) is 7.19. The van der Waals surface area contributed by atoms with Crippen LogP contribution in [0.25, 0.3) is 10.9 Å². The van der Waals surface area contributed by atoms with Crippen molar-refractivity contribution in [2.45, 2.75) is 55.7 Å². The molecule has 0 saturated heterocycles. The van der Waals surface area contributed by atoms with E-state index in [9.17, 15) is 22.8 Å². The number of aromatic amines is 1. The number of benzene rings is 2. The summed E-state index contributed by atoms with van der Waals surface area (Å²) < 4.78 is 39.5. The summed E-state index contributed by atoms with van der Waals surface area (Å²) in [7, 11) is 0. The Balaban J connectivity index is 1.30. The van der Waals surface area contributed by atoms with E-state index in [1.807, 2.05) is 0 Å². The molecule has 3 N–H and O–H groups in total. The van der Waals surface area contributed by atoms with Crippen LogP contribution in [0.2, 0.25) is 0 Å². The Morgan fingerprint density at radius 1 is 1.03 bits per heavy atom. The Bertz CT molecular complexity index is 1240. The standard InChI is InChI=1S/C25H25F3N4O2/c26-25(27,28)19-5-3-4-18(13-19)23(10-11-23)15-29-22(34)24(8-1-2-9-24)31-21(33)16-6-7-20-17(12-16)14-30-32-20/h3-7,12-14H,1-2,8-11,15H2,(H,29,34)(H,30,32)(H,31,33). The van der Waals surface area contributed by atoms with E-state index in [0.29, 0.717) is 36.8 Å². The number of nitrogens with one attached hydrogen (secondary N) is 3. The molecule has 0 unspecified atom stereocenters. The number of H-pyrrole nitrogens is 1. The van der Waals surface area contributed by atoms with Crippen LogP contribution >= 0.6 is 0 Å². The minimum atomic E-state index is -4.41. The summed E-state index contributed by atoms with van der Waals surface area (Å²) in [4.78, 5) is 26.3. The molecule has 0 spiro atoms. The van der Waals surface area contributed by atoms with Crippen molar-refractivity contribution in [3.05, 3.63) is 65.4 Å². The van der Waals surface area contributed by atoms with Crippen molar-refractivity contribution in [2.24, 2.45) is 0 Å². The number of aromatic nitrogens is 2. The number of halogens is 3. The molecule has 1 heterocycles. The third kappa shape index (κ3) is 4.15. The van der Waals surface area contributed by atoms with Gasteiger partial charge in [-0.15, -0.1) is 0 Å². The minimum absolute atomic E-state index is 0.242. The maximum absolute atomic E-state index is 13.3. The lowest BCUT2D eigenvalue weighted by Gasteiger charge is -2.30. The lowest BCUT2D eigenvalue weighted by Crippen LogP contribution is -2.58. The van der Waals surface area contributed by atoms with E-state index in [0.717, 1.165) is 29.8 Å². The number of hydrogen-bond acceptors (Lipinski definition) is 3. The zero-order valence-corrected chi connectivity index (χ0v) is 18.5. The maximum atomic E-state index is 13.3. The van der Waals surface area contributed by atoms with Gasteiger partial charge in [0.2, 0.25) is 5.91 Å². The molecule has 0 radical (unpaired) electrons. The average Bonchev–Trinajstić information content (AvgIpc) is 3.22. The molecule has 2 amide bonds. The molecule has 5 rings (SSSR count). The van der Waals surface area contributed by atoms with Gasteiger partial charge in [0, 0.05) is 22.9 Å². The first-order valence-corrected chi connectivity index (χ1v) is 11.4. The first-order chi connectivity index (χ1) is 16.2. The molecule has 2 aliphatic rings. The second-order valence-electron chi connectivity index (χ2n) is 9.46. The smallest absolute Gasteiger partial charge is 0.353 e. The van der Waals surface area contributed by atoms with E-state index < -0.39 is 22.7 Å². The van der Waals surface area contributed by atoms with Crippen LogP contribution in [0.15, 0.2) is 48.7 Å². The van der Waals surface area contributed by atoms with Crippen LogP contribution in [0.1, 0.15) is 60.0 Å². The zero-order chi connectivity index (χ0) is 24.0. The first kappa shape index (κ1) is 22.4. The fourth-order valence-electron chi connectivity index (χ4n) is 4.92. The van der Waals surface area contributed by atoms with Gasteiger partial charge in [0.05, 0.1) is 17.3 Å². The Labute approximate surface area is 194 Å². The number of fused-ring (bicyclic) bond motifs is 1. The van der Waals surface area contributed by atoms with Crippen LogP contribution in [-0.4, -0.2) is 34.1 Å². The molecule has 3 aromatic rings. The molecule has 0 atom stereocenters. The van der Waals surface area contributed by atoms with E-state index in [-0.39, 0.29) is 18.4 Å². The molecule has 178 valence electrons. The zero-order valence-electron chi connectivity index (χ0n) is 18.5. The molecule has 9 heteroatoms. The van der Waals surface area contributed by atoms with Crippen molar-refractivity contribution < 1.29 is 22.8 Å². The monoisotopic (exact) mass is 470 g/mol. The predicted molar refractivity (Wildman–Crippen MR) is 120 cm³/mol. The molecular formula is C25H25F3N4O2. The Morgan fingerprint density at radius 3 is 2.50 bits per heavy atom. The van der Waals surface area contributed by atoms with Crippen LogP contribution in [0.4, 0.5) is 13.2 Å². The summed E-state index contributed by atoms with van der Waals surface area (Å²) in [6.45, 7) is 0.242. The maximum Gasteiger partial charge on any atom is 0.416 e. The highest BCUT2D eigenvalue weighted by Crippen LogP contribution is 2.48. The number of carbonyl (C=O) groups is 2. The highest BCUT2D eigenvalue weighted by Gasteiger charge is 2.48. The summed E-state index contributed by atoms with van der Waals surface area (Å²) in [5, 5.41) is 13.5. The van der Waals surface area contributed by atoms with E-state index in [4.69, 9.17) is 0 Å². The largest absolute Gasteiger partial charge is 0.416 e. The topological polar surface area (TPSA) is 86.9 Å². The fourth-order valence-corrected chi connectivity index (χ4v) is 4.92. The van der Waals surface area contributed by atoms with Gasteiger partial charge in [-0.25, -0.2) is 0 Å². The number of rotatable bonds is 6. The van der Waals surface area contributed by atoms with Crippen molar-refractivity contribution in [1.82, 2.24) is 20.8 Å². The van der Waals surface area contributed by atoms with Crippen LogP contribution in [-0.2, 0) is 16.4 Å². The van der Waals surface area contributed by atoms with Crippen LogP contribution in [0.5, 0.6) is 0 Å². The molecule has 0 bridgehead atoms.